The largest absolute Gasteiger partial charge is 0.217 e. The first kappa shape index (κ1) is 21.7. The van der Waals surface area contributed by atoms with Crippen LogP contribution in [0.2, 0.25) is 25.6 Å². The van der Waals surface area contributed by atoms with E-state index < -0.39 is 0 Å². The van der Waals surface area contributed by atoms with Crippen LogP contribution < -0.4 is 0 Å². The highest BCUT2D eigenvalue weighted by Gasteiger charge is 2.07. The standard InChI is InChI=1S/C6H2Cl3N3.C6H3Cl2N3.2CH4/c7-3-2-10-12-5(9)1-4(8)11-6(3)12;7-4-3-5(8)11-6(10-4)1-2-9-11;;/h1-2H;1-3H;2*1H4. The number of nitrogens with zero attached hydrogens (tertiary/aromatic N) is 6. The van der Waals surface area contributed by atoms with Crippen LogP contribution in [0.1, 0.15) is 14.9 Å². The highest BCUT2D eigenvalue weighted by atomic mass is 35.5. The van der Waals surface area contributed by atoms with Crippen molar-refractivity contribution < 1.29 is 0 Å². The number of halogens is 5. The van der Waals surface area contributed by atoms with Crippen molar-refractivity contribution in [3.63, 3.8) is 0 Å². The fourth-order valence-electron chi connectivity index (χ4n) is 1.72. The molecule has 0 aliphatic rings. The van der Waals surface area contributed by atoms with E-state index >= 15 is 0 Å². The maximum atomic E-state index is 5.79. The quantitative estimate of drug-likeness (QED) is 0.314. The Kier molecular flexibility index (Phi) is 7.71. The molecule has 11 heteroatoms. The molecule has 4 heterocycles. The first-order valence-corrected chi connectivity index (χ1v) is 7.86. The van der Waals surface area contributed by atoms with Gasteiger partial charge in [0, 0.05) is 18.2 Å². The van der Waals surface area contributed by atoms with E-state index in [1.54, 1.807) is 18.3 Å². The van der Waals surface area contributed by atoms with Gasteiger partial charge in [0.25, 0.3) is 0 Å². The van der Waals surface area contributed by atoms with Gasteiger partial charge in [-0.15, -0.1) is 0 Å². The number of rotatable bonds is 0. The molecule has 0 saturated carbocycles. The Morgan fingerprint density at radius 2 is 1.36 bits per heavy atom. The first-order chi connectivity index (χ1) is 11.0. The van der Waals surface area contributed by atoms with Gasteiger partial charge in [-0.1, -0.05) is 72.9 Å². The van der Waals surface area contributed by atoms with Crippen molar-refractivity contribution in [2.45, 2.75) is 14.9 Å². The monoisotopic (exact) mass is 440 g/mol. The third kappa shape index (κ3) is 4.65. The molecular formula is C14H13Cl5N6. The van der Waals surface area contributed by atoms with Crippen LogP contribution >= 0.6 is 58.0 Å². The van der Waals surface area contributed by atoms with Crippen molar-refractivity contribution in [3.05, 3.63) is 56.2 Å². The number of hydrogen-bond donors (Lipinski definition) is 0. The normalized spacial score (nSPS) is 9.96. The van der Waals surface area contributed by atoms with Crippen LogP contribution in [0.4, 0.5) is 0 Å². The summed E-state index contributed by atoms with van der Waals surface area (Å²) < 4.78 is 2.92. The van der Waals surface area contributed by atoms with Crippen LogP contribution in [-0.2, 0) is 0 Å². The van der Waals surface area contributed by atoms with E-state index in [0.29, 0.717) is 36.9 Å². The van der Waals surface area contributed by atoms with Crippen LogP contribution in [0, 0.1) is 0 Å². The van der Waals surface area contributed by atoms with Gasteiger partial charge in [-0.2, -0.15) is 10.2 Å². The molecule has 0 aliphatic heterocycles. The average Bonchev–Trinajstić information content (AvgIpc) is 3.07. The predicted octanol–water partition coefficient (Wildman–Crippen LogP) is 6.00. The molecule has 6 nitrogen and oxygen atoms in total. The van der Waals surface area contributed by atoms with Gasteiger partial charge in [-0.3, -0.25) is 0 Å². The summed E-state index contributed by atoms with van der Waals surface area (Å²) >= 11 is 28.6. The molecule has 0 radical (unpaired) electrons. The van der Waals surface area contributed by atoms with Crippen molar-refractivity contribution in [1.82, 2.24) is 29.2 Å². The molecule has 0 bridgehead atoms. The van der Waals surface area contributed by atoms with E-state index in [-0.39, 0.29) is 14.9 Å². The third-order valence-electron chi connectivity index (χ3n) is 2.64. The molecule has 4 rings (SSSR count). The minimum atomic E-state index is 0. The Bertz CT molecular complexity index is 996. The fraction of sp³-hybridized carbons (Fsp3) is 0.143. The topological polar surface area (TPSA) is 60.4 Å². The molecule has 4 aromatic heterocycles. The second-order valence-electron chi connectivity index (χ2n) is 4.13. The molecule has 0 aromatic carbocycles. The van der Waals surface area contributed by atoms with Gasteiger partial charge >= 0.3 is 0 Å². The number of fused-ring (bicyclic) bond motifs is 2. The maximum absolute atomic E-state index is 5.79. The Balaban J connectivity index is 0.000000232. The number of aromatic nitrogens is 6. The summed E-state index contributed by atoms with van der Waals surface area (Å²) in [4.78, 5) is 7.92. The summed E-state index contributed by atoms with van der Waals surface area (Å²) in [5.41, 5.74) is 1.12. The van der Waals surface area contributed by atoms with Gasteiger partial charge in [-0.05, 0) is 0 Å². The van der Waals surface area contributed by atoms with E-state index in [9.17, 15) is 0 Å². The molecule has 0 atom stereocenters. The molecule has 0 aliphatic carbocycles. The van der Waals surface area contributed by atoms with Gasteiger partial charge in [0.2, 0.25) is 0 Å². The zero-order valence-corrected chi connectivity index (χ0v) is 14.7. The van der Waals surface area contributed by atoms with Crippen molar-refractivity contribution in [3.8, 4) is 0 Å². The molecule has 4 aromatic rings. The Morgan fingerprint density at radius 3 is 2.04 bits per heavy atom. The summed E-state index contributed by atoms with van der Waals surface area (Å²) in [5.74, 6) is 0. The van der Waals surface area contributed by atoms with E-state index in [1.165, 1.54) is 21.3 Å². The molecule has 0 fully saturated rings. The second kappa shape index (κ2) is 8.87. The molecule has 0 spiro atoms. The van der Waals surface area contributed by atoms with Gasteiger partial charge < -0.3 is 0 Å². The van der Waals surface area contributed by atoms with Crippen LogP contribution in [0.3, 0.4) is 0 Å². The fourth-order valence-corrected chi connectivity index (χ4v) is 2.83. The summed E-state index contributed by atoms with van der Waals surface area (Å²) in [6, 6.07) is 4.78. The lowest BCUT2D eigenvalue weighted by atomic mass is 10.6. The van der Waals surface area contributed by atoms with Crippen LogP contribution in [0.15, 0.2) is 30.6 Å². The van der Waals surface area contributed by atoms with E-state index in [2.05, 4.69) is 20.2 Å². The van der Waals surface area contributed by atoms with E-state index in [4.69, 9.17) is 58.0 Å². The molecule has 134 valence electrons. The minimum Gasteiger partial charge on any atom is -0.217 e. The zero-order chi connectivity index (χ0) is 16.6. The summed E-state index contributed by atoms with van der Waals surface area (Å²) in [7, 11) is 0. The lowest BCUT2D eigenvalue weighted by Gasteiger charge is -1.96. The van der Waals surface area contributed by atoms with Gasteiger partial charge in [0.05, 0.1) is 12.4 Å². The third-order valence-corrected chi connectivity index (χ3v) is 3.83. The molecule has 25 heavy (non-hydrogen) atoms. The lowest BCUT2D eigenvalue weighted by molar-refractivity contribution is 0.940. The average molecular weight is 443 g/mol. The van der Waals surface area contributed by atoms with Crippen molar-refractivity contribution in [1.29, 1.82) is 0 Å². The Labute approximate surface area is 169 Å². The molecule has 0 amide bonds. The lowest BCUT2D eigenvalue weighted by Crippen LogP contribution is -1.91. The Hall–Kier alpha value is -1.31. The maximum Gasteiger partial charge on any atom is 0.176 e. The van der Waals surface area contributed by atoms with Crippen LogP contribution in [-0.4, -0.2) is 29.2 Å². The first-order valence-electron chi connectivity index (χ1n) is 5.97. The minimum absolute atomic E-state index is 0. The zero-order valence-electron chi connectivity index (χ0n) is 11.0. The van der Waals surface area contributed by atoms with Crippen molar-refractivity contribution >= 4 is 69.3 Å². The highest BCUT2D eigenvalue weighted by Crippen LogP contribution is 2.21. The van der Waals surface area contributed by atoms with Gasteiger partial charge in [-0.25, -0.2) is 19.0 Å². The molecular weight excluding hydrogens is 429 g/mol. The SMILES string of the molecule is C.C.Clc1cc(Cl)n2ncc(Cl)c2n1.Clc1cc(Cl)n2nccc2n1. The summed E-state index contributed by atoms with van der Waals surface area (Å²) in [6.45, 7) is 0. The smallest absolute Gasteiger partial charge is 0.176 e. The van der Waals surface area contributed by atoms with Crippen LogP contribution in [0.25, 0.3) is 11.3 Å². The molecule has 0 N–H and O–H groups in total. The predicted molar refractivity (Wildman–Crippen MR) is 104 cm³/mol. The molecule has 0 unspecified atom stereocenters. The van der Waals surface area contributed by atoms with Crippen LogP contribution in [0.5, 0.6) is 0 Å². The van der Waals surface area contributed by atoms with Gasteiger partial charge in [0.15, 0.2) is 11.3 Å². The summed E-state index contributed by atoms with van der Waals surface area (Å²) in [5, 5.41) is 9.77. The Morgan fingerprint density at radius 1 is 0.760 bits per heavy atom. The number of hydrogen-bond acceptors (Lipinski definition) is 4. The van der Waals surface area contributed by atoms with Crippen molar-refractivity contribution in [2.75, 3.05) is 0 Å². The van der Waals surface area contributed by atoms with Crippen molar-refractivity contribution in [2.24, 2.45) is 0 Å². The molecule has 0 saturated heterocycles. The highest BCUT2D eigenvalue weighted by molar-refractivity contribution is 6.36. The summed E-state index contributed by atoms with van der Waals surface area (Å²) in [6.07, 6.45) is 3.08. The second-order valence-corrected chi connectivity index (χ2v) is 6.09. The van der Waals surface area contributed by atoms with E-state index in [0.717, 1.165) is 0 Å². The van der Waals surface area contributed by atoms with Gasteiger partial charge in [0.1, 0.15) is 25.6 Å². The van der Waals surface area contributed by atoms with E-state index in [1.807, 2.05) is 0 Å².